The van der Waals surface area contributed by atoms with Gasteiger partial charge in [0.05, 0.1) is 16.7 Å². The van der Waals surface area contributed by atoms with Crippen molar-refractivity contribution in [3.8, 4) is 0 Å². The van der Waals surface area contributed by atoms with E-state index < -0.39 is 30.3 Å². The number of carbonyl (C=O) groups excluding carboxylic acids is 4. The van der Waals surface area contributed by atoms with Crippen LogP contribution in [0.25, 0.3) is 11.8 Å². The number of fused-ring (bicyclic) bond motifs is 3. The van der Waals surface area contributed by atoms with Gasteiger partial charge in [0.25, 0.3) is 0 Å². The molecule has 3 unspecified atom stereocenters. The van der Waals surface area contributed by atoms with E-state index in [1.165, 1.54) is 0 Å². The number of aliphatic hydroxyl groups excluding tert-OH is 1. The van der Waals surface area contributed by atoms with Gasteiger partial charge in [-0.05, 0) is 35.4 Å². The first kappa shape index (κ1) is 48.9. The number of hydrogen-bond acceptors (Lipinski definition) is 9. The second-order valence-corrected chi connectivity index (χ2v) is 12.4. The predicted octanol–water partition coefficient (Wildman–Crippen LogP) is 11.8. The van der Waals surface area contributed by atoms with Crippen molar-refractivity contribution in [2.24, 2.45) is 0 Å². The Morgan fingerprint density at radius 1 is 0.532 bits per heavy atom. The van der Waals surface area contributed by atoms with E-state index in [9.17, 15) is 29.1 Å². The second-order valence-electron chi connectivity index (χ2n) is 12.4. The first-order valence-corrected chi connectivity index (χ1v) is 20.4. The molecule has 0 saturated carbocycles. The first-order chi connectivity index (χ1) is 30.2. The number of carboxylic acids is 1. The van der Waals surface area contributed by atoms with Crippen molar-refractivity contribution in [1.82, 2.24) is 0 Å². The van der Waals surface area contributed by atoms with Crippen molar-refractivity contribution in [3.05, 3.63) is 214 Å². The van der Waals surface area contributed by atoms with Gasteiger partial charge in [0.15, 0.2) is 6.10 Å². The zero-order valence-corrected chi connectivity index (χ0v) is 35.6. The molecular weight excluding hydrogens is 785 g/mol. The van der Waals surface area contributed by atoms with E-state index in [-0.39, 0.29) is 13.4 Å². The van der Waals surface area contributed by atoms with Crippen LogP contribution in [0.4, 0.5) is 0 Å². The van der Waals surface area contributed by atoms with Crippen LogP contribution in [0.1, 0.15) is 131 Å². The van der Waals surface area contributed by atoms with Gasteiger partial charge in [-0.25, -0.2) is 19.2 Å². The molecule has 0 aromatic heterocycles. The van der Waals surface area contributed by atoms with Crippen LogP contribution in [0, 0.1) is 0 Å². The SMILES string of the molecule is CC.CC.CC.O=C1OC(=Cc2ccccc2)c2ccccc21.O=C1OC(C(=O)O)c2ccccc21.O=C1OC(C(O)c2ccccc2)c2ccccc21.O=Cc1ccccc1.[2HH]. The summed E-state index contributed by atoms with van der Waals surface area (Å²) < 4.78 is 15.2. The molecule has 322 valence electrons. The fourth-order valence-corrected chi connectivity index (χ4v) is 5.99. The summed E-state index contributed by atoms with van der Waals surface area (Å²) in [4.78, 5) is 55.0. The summed E-state index contributed by atoms with van der Waals surface area (Å²) in [6.45, 7) is 12.0. The standard InChI is InChI=1S/C15H12O3.C15H10O2.C9H6O4.C7H6O.3C2H6.H2/c16-13(10-6-2-1-3-7-10)14-11-8-4-5-9-12(11)15(17)18-14;16-15-13-9-5-4-8-12(13)14(17-15)10-11-6-2-1-3-7-11;10-8(11)7-5-3-1-2-4-6(5)9(12)13-7;8-6-7-4-2-1-3-5-7;3*1-2;/h1-9,13-14,16H;1-10H;1-4,7H,(H,10,11);1-6H;3*1-2H3;1H/i;;;;;;;1+1. The number of benzene rings is 6. The minimum absolute atomic E-state index is 0. The van der Waals surface area contributed by atoms with E-state index in [2.05, 4.69) is 4.74 Å². The Labute approximate surface area is 364 Å². The average Bonchev–Trinajstić information content (AvgIpc) is 3.99. The molecule has 6 aromatic carbocycles. The highest BCUT2D eigenvalue weighted by Crippen LogP contribution is 2.39. The molecule has 62 heavy (non-hydrogen) atoms. The minimum atomic E-state index is -1.14. The molecule has 0 amide bonds. The summed E-state index contributed by atoms with van der Waals surface area (Å²) >= 11 is 0. The highest BCUT2D eigenvalue weighted by Gasteiger charge is 2.37. The number of ether oxygens (including phenoxy) is 3. The Kier molecular flexibility index (Phi) is 20.5. The maximum absolute atomic E-state index is 11.7. The van der Waals surface area contributed by atoms with Crippen LogP contribution >= 0.6 is 0 Å². The lowest BCUT2D eigenvalue weighted by atomic mass is 9.97. The van der Waals surface area contributed by atoms with Crippen LogP contribution in [0.15, 0.2) is 164 Å². The summed E-state index contributed by atoms with van der Waals surface area (Å²) in [5, 5.41) is 19.0. The molecule has 3 heterocycles. The third-order valence-corrected chi connectivity index (χ3v) is 8.71. The van der Waals surface area contributed by atoms with Gasteiger partial charge in [-0.3, -0.25) is 4.79 Å². The van der Waals surface area contributed by atoms with Crippen molar-refractivity contribution in [2.75, 3.05) is 0 Å². The fraction of sp³-hybridized carbons (Fsp3) is 0.173. The van der Waals surface area contributed by atoms with E-state index in [1.807, 2.05) is 157 Å². The van der Waals surface area contributed by atoms with Gasteiger partial charge >= 0.3 is 23.9 Å². The number of rotatable bonds is 5. The third-order valence-electron chi connectivity index (χ3n) is 8.71. The van der Waals surface area contributed by atoms with Gasteiger partial charge in [0.1, 0.15) is 18.1 Å². The quantitative estimate of drug-likeness (QED) is 0.0974. The number of carbonyl (C=O) groups is 5. The lowest BCUT2D eigenvalue weighted by Gasteiger charge is -2.18. The molecule has 10 nitrogen and oxygen atoms in total. The number of cyclic esters (lactones) is 3. The summed E-state index contributed by atoms with van der Waals surface area (Å²) in [7, 11) is 0. The van der Waals surface area contributed by atoms with E-state index >= 15 is 0 Å². The number of aldehydes is 1. The van der Waals surface area contributed by atoms with Gasteiger partial charge in [0.2, 0.25) is 6.10 Å². The molecule has 9 rings (SSSR count). The van der Waals surface area contributed by atoms with Crippen LogP contribution in [0.2, 0.25) is 0 Å². The molecule has 3 atom stereocenters. The number of hydrogen-bond donors (Lipinski definition) is 2. The third kappa shape index (κ3) is 13.0. The summed E-state index contributed by atoms with van der Waals surface area (Å²) in [5.74, 6) is -1.73. The van der Waals surface area contributed by atoms with Crippen LogP contribution in [-0.4, -0.2) is 40.4 Å². The molecule has 0 saturated heterocycles. The molecule has 0 bridgehead atoms. The Hall–Kier alpha value is -7.43. The monoisotopic (exact) mass is 839 g/mol. The number of aliphatic carboxylic acids is 1. The van der Waals surface area contributed by atoms with Crippen molar-refractivity contribution >= 4 is 42.0 Å². The van der Waals surface area contributed by atoms with Crippen LogP contribution < -0.4 is 0 Å². The molecular formula is C52H54O10. The van der Waals surface area contributed by atoms with Crippen LogP contribution in [0.5, 0.6) is 0 Å². The first-order valence-electron chi connectivity index (χ1n) is 20.4. The Bertz CT molecular complexity index is 2380. The van der Waals surface area contributed by atoms with E-state index in [1.54, 1.807) is 54.6 Å². The van der Waals surface area contributed by atoms with Gasteiger partial charge in [0, 0.05) is 23.7 Å². The Morgan fingerprint density at radius 3 is 1.47 bits per heavy atom. The predicted molar refractivity (Wildman–Crippen MR) is 242 cm³/mol. The van der Waals surface area contributed by atoms with Crippen molar-refractivity contribution < 1.29 is 49.8 Å². The largest absolute Gasteiger partial charge is 0.478 e. The molecule has 2 N–H and O–H groups in total. The van der Waals surface area contributed by atoms with Gasteiger partial charge < -0.3 is 24.4 Å². The lowest BCUT2D eigenvalue weighted by Crippen LogP contribution is -2.10. The summed E-state index contributed by atoms with van der Waals surface area (Å²) in [5.41, 5.74) is 6.05. The zero-order chi connectivity index (χ0) is 45.4. The highest BCUT2D eigenvalue weighted by atomic mass is 16.6. The molecule has 6 aromatic rings. The van der Waals surface area contributed by atoms with Crippen LogP contribution in [-0.2, 0) is 19.0 Å². The number of esters is 3. The van der Waals surface area contributed by atoms with E-state index in [0.29, 0.717) is 28.0 Å². The molecule has 0 radical (unpaired) electrons. The maximum atomic E-state index is 11.7. The topological polar surface area (TPSA) is 154 Å². The number of carboxylic acid groups (broad SMARTS) is 1. The Morgan fingerprint density at radius 2 is 0.952 bits per heavy atom. The zero-order valence-electron chi connectivity index (χ0n) is 35.6. The lowest BCUT2D eigenvalue weighted by molar-refractivity contribution is -0.146. The summed E-state index contributed by atoms with van der Waals surface area (Å²) in [6, 6.07) is 49.2. The average molecular weight is 840 g/mol. The van der Waals surface area contributed by atoms with Crippen molar-refractivity contribution in [2.45, 2.75) is 59.9 Å². The molecule has 3 aliphatic rings. The molecule has 0 spiro atoms. The molecule has 0 aliphatic carbocycles. The number of aliphatic hydroxyl groups is 1. The van der Waals surface area contributed by atoms with Gasteiger partial charge in [-0.1, -0.05) is 187 Å². The molecule has 10 heteroatoms. The van der Waals surface area contributed by atoms with Gasteiger partial charge in [-0.15, -0.1) is 0 Å². The summed E-state index contributed by atoms with van der Waals surface area (Å²) in [6.07, 6.45) is 0.127. The fourth-order valence-electron chi connectivity index (χ4n) is 5.99. The van der Waals surface area contributed by atoms with E-state index in [0.717, 1.165) is 34.1 Å². The second kappa shape index (κ2) is 25.9. The molecule has 0 fully saturated rings. The van der Waals surface area contributed by atoms with E-state index in [4.69, 9.17) is 14.6 Å². The minimum Gasteiger partial charge on any atom is -0.478 e. The Balaban J connectivity index is 0.000000284. The highest BCUT2D eigenvalue weighted by molar-refractivity contribution is 6.05. The van der Waals surface area contributed by atoms with Crippen molar-refractivity contribution in [1.29, 1.82) is 0 Å². The molecule has 3 aliphatic heterocycles. The van der Waals surface area contributed by atoms with Crippen LogP contribution in [0.3, 0.4) is 0 Å². The maximum Gasteiger partial charge on any atom is 0.349 e. The normalized spacial score (nSPS) is 15.3. The smallest absolute Gasteiger partial charge is 0.349 e. The van der Waals surface area contributed by atoms with Gasteiger partial charge in [-0.2, -0.15) is 0 Å². The van der Waals surface area contributed by atoms with Crippen molar-refractivity contribution in [3.63, 3.8) is 0 Å².